The van der Waals surface area contributed by atoms with Gasteiger partial charge in [0.15, 0.2) is 0 Å². The second-order valence-electron chi connectivity index (χ2n) is 7.53. The highest BCUT2D eigenvalue weighted by molar-refractivity contribution is 5.83. The van der Waals surface area contributed by atoms with Gasteiger partial charge in [-0.1, -0.05) is 0 Å². The van der Waals surface area contributed by atoms with E-state index in [1.165, 1.54) is 0 Å². The van der Waals surface area contributed by atoms with E-state index >= 15 is 0 Å². The molecule has 1 aliphatic carbocycles. The van der Waals surface area contributed by atoms with Crippen molar-refractivity contribution in [1.29, 1.82) is 0 Å². The molecule has 0 aromatic heterocycles. The molecule has 2 heterocycles. The molecule has 7 heteroatoms. The molecule has 2 amide bonds. The highest BCUT2D eigenvalue weighted by atomic mass is 16.3. The summed E-state index contributed by atoms with van der Waals surface area (Å²) in [5, 5.41) is 15.6. The first-order valence-corrected chi connectivity index (χ1v) is 9.31. The van der Waals surface area contributed by atoms with Crippen LogP contribution in [0.2, 0.25) is 0 Å². The van der Waals surface area contributed by atoms with Gasteiger partial charge in [0.2, 0.25) is 11.8 Å². The predicted molar refractivity (Wildman–Crippen MR) is 90.1 cm³/mol. The zero-order valence-corrected chi connectivity index (χ0v) is 14.2. The van der Waals surface area contributed by atoms with E-state index in [1.54, 1.807) is 0 Å². The smallest absolute Gasteiger partial charge is 0.239 e. The van der Waals surface area contributed by atoms with Gasteiger partial charge >= 0.3 is 0 Å². The highest BCUT2D eigenvalue weighted by Crippen LogP contribution is 2.28. The Morgan fingerprint density at radius 1 is 1.17 bits per heavy atom. The third-order valence-electron chi connectivity index (χ3n) is 5.75. The number of amides is 2. The first kappa shape index (κ1) is 17.6. The van der Waals surface area contributed by atoms with E-state index in [0.29, 0.717) is 13.0 Å². The van der Waals surface area contributed by atoms with Crippen LogP contribution in [0.25, 0.3) is 0 Å². The summed E-state index contributed by atoms with van der Waals surface area (Å²) in [7, 11) is 0. The molecule has 0 unspecified atom stereocenters. The van der Waals surface area contributed by atoms with Gasteiger partial charge in [-0.25, -0.2) is 0 Å². The summed E-state index contributed by atoms with van der Waals surface area (Å²) in [5.41, 5.74) is 6.22. The zero-order chi connectivity index (χ0) is 17.1. The van der Waals surface area contributed by atoms with Gasteiger partial charge in [0, 0.05) is 25.7 Å². The Labute approximate surface area is 143 Å². The van der Waals surface area contributed by atoms with Crippen LogP contribution in [0, 0.1) is 5.92 Å². The van der Waals surface area contributed by atoms with Gasteiger partial charge < -0.3 is 26.4 Å². The van der Waals surface area contributed by atoms with E-state index in [-0.39, 0.29) is 29.8 Å². The van der Waals surface area contributed by atoms with Crippen molar-refractivity contribution >= 4 is 11.8 Å². The van der Waals surface area contributed by atoms with Crippen molar-refractivity contribution in [2.24, 2.45) is 11.7 Å². The number of hydrogen-bond acceptors (Lipinski definition) is 5. The minimum atomic E-state index is -0.425. The zero-order valence-electron chi connectivity index (χ0n) is 14.2. The van der Waals surface area contributed by atoms with Crippen molar-refractivity contribution in [3.8, 4) is 0 Å². The quantitative estimate of drug-likeness (QED) is 0.544. The fraction of sp³-hybridized carbons (Fsp3) is 0.882. The summed E-state index contributed by atoms with van der Waals surface area (Å²) in [4.78, 5) is 26.5. The average Bonchev–Trinajstić information content (AvgIpc) is 3.26. The summed E-state index contributed by atoms with van der Waals surface area (Å²) in [5.74, 6) is 0.300. The monoisotopic (exact) mass is 338 g/mol. The highest BCUT2D eigenvalue weighted by Gasteiger charge is 2.34. The largest absolute Gasteiger partial charge is 0.392 e. The SMILES string of the molecule is N[C@H](C(=O)N1CCCC1)C1CCC(NC(=O)[C@@H]2C[C@@H](O)CN2)CC1. The summed E-state index contributed by atoms with van der Waals surface area (Å²) in [6.45, 7) is 2.18. The second-order valence-corrected chi connectivity index (χ2v) is 7.53. The number of carbonyl (C=O) groups excluding carboxylic acids is 2. The molecule has 2 saturated heterocycles. The number of rotatable bonds is 4. The Hall–Kier alpha value is -1.18. The van der Waals surface area contributed by atoms with E-state index in [2.05, 4.69) is 10.6 Å². The second kappa shape index (κ2) is 7.80. The van der Waals surface area contributed by atoms with Gasteiger partial charge in [-0.05, 0) is 50.9 Å². The van der Waals surface area contributed by atoms with E-state index in [9.17, 15) is 14.7 Å². The summed E-state index contributed by atoms with van der Waals surface area (Å²) in [6.07, 6.45) is 5.72. The Bertz CT molecular complexity index is 459. The molecule has 0 radical (unpaired) electrons. The molecule has 3 atom stereocenters. The van der Waals surface area contributed by atoms with Crippen molar-refractivity contribution in [1.82, 2.24) is 15.5 Å². The first-order valence-electron chi connectivity index (χ1n) is 9.31. The van der Waals surface area contributed by atoms with Gasteiger partial charge in [0.05, 0.1) is 18.2 Å². The number of hydrogen-bond donors (Lipinski definition) is 4. The van der Waals surface area contributed by atoms with Crippen molar-refractivity contribution in [2.75, 3.05) is 19.6 Å². The Morgan fingerprint density at radius 3 is 2.42 bits per heavy atom. The van der Waals surface area contributed by atoms with Crippen molar-refractivity contribution in [3.05, 3.63) is 0 Å². The Morgan fingerprint density at radius 2 is 1.83 bits per heavy atom. The van der Waals surface area contributed by atoms with Crippen molar-refractivity contribution in [3.63, 3.8) is 0 Å². The van der Waals surface area contributed by atoms with Gasteiger partial charge in [0.25, 0.3) is 0 Å². The molecule has 5 N–H and O–H groups in total. The maximum atomic E-state index is 12.4. The fourth-order valence-electron chi connectivity index (χ4n) is 4.19. The molecular weight excluding hydrogens is 308 g/mol. The van der Waals surface area contributed by atoms with Crippen LogP contribution in [0.3, 0.4) is 0 Å². The summed E-state index contributed by atoms with van der Waals surface area (Å²) < 4.78 is 0. The maximum absolute atomic E-state index is 12.4. The van der Waals surface area contributed by atoms with E-state index in [4.69, 9.17) is 5.73 Å². The average molecular weight is 338 g/mol. The number of likely N-dealkylation sites (tertiary alicyclic amines) is 1. The lowest BCUT2D eigenvalue weighted by atomic mass is 9.81. The normalized spacial score (nSPS) is 35.0. The number of aliphatic hydroxyl groups is 1. The molecule has 7 nitrogen and oxygen atoms in total. The number of β-amino-alcohol motifs (C(OH)–C–C–N with tert-alkyl or cyclic N) is 1. The van der Waals surface area contributed by atoms with Crippen molar-refractivity contribution < 1.29 is 14.7 Å². The number of nitrogens with two attached hydrogens (primary N) is 1. The topological polar surface area (TPSA) is 108 Å². The van der Waals surface area contributed by atoms with E-state index in [0.717, 1.165) is 51.6 Å². The third-order valence-corrected chi connectivity index (χ3v) is 5.75. The molecule has 1 saturated carbocycles. The molecule has 0 bridgehead atoms. The van der Waals surface area contributed by atoms with Crippen LogP contribution in [0.4, 0.5) is 0 Å². The molecule has 2 aliphatic heterocycles. The molecule has 3 fully saturated rings. The third kappa shape index (κ3) is 4.07. The van der Waals surface area contributed by atoms with Gasteiger partial charge in [0.1, 0.15) is 0 Å². The first-order chi connectivity index (χ1) is 11.5. The molecule has 24 heavy (non-hydrogen) atoms. The number of nitrogens with zero attached hydrogens (tertiary/aromatic N) is 1. The molecule has 0 spiro atoms. The minimum absolute atomic E-state index is 0.0209. The van der Waals surface area contributed by atoms with Crippen molar-refractivity contribution in [2.45, 2.75) is 69.2 Å². The number of nitrogens with one attached hydrogen (secondary N) is 2. The summed E-state index contributed by atoms with van der Waals surface area (Å²) in [6, 6.07) is -0.523. The fourth-order valence-corrected chi connectivity index (χ4v) is 4.19. The maximum Gasteiger partial charge on any atom is 0.239 e. The van der Waals surface area contributed by atoms with Gasteiger partial charge in [-0.2, -0.15) is 0 Å². The molecule has 3 aliphatic rings. The lowest BCUT2D eigenvalue weighted by Crippen LogP contribution is -2.50. The number of aliphatic hydroxyl groups excluding tert-OH is 1. The van der Waals surface area contributed by atoms with Crippen LogP contribution >= 0.6 is 0 Å². The van der Waals surface area contributed by atoms with Crippen LogP contribution in [0.5, 0.6) is 0 Å². The Kier molecular flexibility index (Phi) is 5.73. The lowest BCUT2D eigenvalue weighted by Gasteiger charge is -2.33. The molecule has 3 rings (SSSR count). The standard InChI is InChI=1S/C17H30N4O3/c18-15(17(24)21-7-1-2-8-21)11-3-5-12(6-4-11)20-16(23)14-9-13(22)10-19-14/h11-15,19,22H,1-10,18H2,(H,20,23)/t11?,12?,13-,14+,15+/m1/s1. The molecule has 136 valence electrons. The van der Waals surface area contributed by atoms with Crippen LogP contribution in [-0.2, 0) is 9.59 Å². The predicted octanol–water partition coefficient (Wildman–Crippen LogP) is -0.666. The van der Waals surface area contributed by atoms with Crippen LogP contribution in [0.15, 0.2) is 0 Å². The van der Waals surface area contributed by atoms with Gasteiger partial charge in [-0.3, -0.25) is 9.59 Å². The molecular formula is C17H30N4O3. The molecule has 0 aromatic carbocycles. The minimum Gasteiger partial charge on any atom is -0.392 e. The van der Waals surface area contributed by atoms with Gasteiger partial charge in [-0.15, -0.1) is 0 Å². The molecule has 0 aromatic rings. The van der Waals surface area contributed by atoms with Crippen LogP contribution < -0.4 is 16.4 Å². The summed E-state index contributed by atoms with van der Waals surface area (Å²) >= 11 is 0. The lowest BCUT2D eigenvalue weighted by molar-refractivity contribution is -0.133. The van der Waals surface area contributed by atoms with Crippen LogP contribution in [0.1, 0.15) is 44.9 Å². The van der Waals surface area contributed by atoms with E-state index in [1.807, 2.05) is 4.90 Å². The number of carbonyl (C=O) groups is 2. The van der Waals surface area contributed by atoms with E-state index < -0.39 is 12.1 Å². The Balaban J connectivity index is 1.42. The van der Waals surface area contributed by atoms with Crippen LogP contribution in [-0.4, -0.2) is 65.7 Å².